The maximum atomic E-state index is 12.9. The van der Waals surface area contributed by atoms with Gasteiger partial charge < -0.3 is 18.9 Å². The minimum atomic E-state index is -4.42. The maximum absolute atomic E-state index is 12.9. The third-order valence-corrected chi connectivity index (χ3v) is 3.99. The zero-order valence-electron chi connectivity index (χ0n) is 13.1. The number of aromatic nitrogens is 2. The zero-order chi connectivity index (χ0) is 17.5. The van der Waals surface area contributed by atoms with E-state index in [0.29, 0.717) is 29.1 Å². The van der Waals surface area contributed by atoms with Crippen molar-refractivity contribution in [2.45, 2.75) is 12.3 Å². The third-order valence-electron chi connectivity index (χ3n) is 3.99. The quantitative estimate of drug-likeness (QED) is 0.782. The molecule has 1 unspecified atom stereocenters. The summed E-state index contributed by atoms with van der Waals surface area (Å²) < 4.78 is 49.8. The number of methoxy groups -OCH3 is 1. The van der Waals surface area contributed by atoms with Crippen molar-refractivity contribution in [1.82, 2.24) is 9.55 Å². The third kappa shape index (κ3) is 2.91. The highest BCUT2D eigenvalue weighted by Gasteiger charge is 2.44. The molecule has 1 aliphatic rings. The molecule has 6 nitrogen and oxygen atoms in total. The van der Waals surface area contributed by atoms with Gasteiger partial charge in [-0.15, -0.1) is 0 Å². The van der Waals surface area contributed by atoms with E-state index in [1.54, 1.807) is 34.7 Å². The summed E-state index contributed by atoms with van der Waals surface area (Å²) in [6.45, 7) is -0.0289. The summed E-state index contributed by atoms with van der Waals surface area (Å²) in [5.41, 5.74) is 1.57. The second kappa shape index (κ2) is 5.97. The first-order valence-electron chi connectivity index (χ1n) is 7.29. The van der Waals surface area contributed by atoms with Crippen molar-refractivity contribution >= 4 is 23.0 Å². The van der Waals surface area contributed by atoms with Crippen LogP contribution < -0.4 is 4.90 Å². The molecule has 1 atom stereocenters. The molecule has 0 radical (unpaired) electrons. The largest absolute Gasteiger partial charge is 0.465 e. The average molecular weight is 343 g/mol. The van der Waals surface area contributed by atoms with E-state index in [0.717, 1.165) is 0 Å². The van der Waals surface area contributed by atoms with Crippen molar-refractivity contribution < 1.29 is 27.4 Å². The maximum Gasteiger partial charge on any atom is 0.416 e. The van der Waals surface area contributed by atoms with Crippen LogP contribution in [-0.4, -0.2) is 54.6 Å². The van der Waals surface area contributed by atoms with Gasteiger partial charge in [0.2, 0.25) is 5.95 Å². The second-order valence-electron chi connectivity index (χ2n) is 5.51. The van der Waals surface area contributed by atoms with Crippen LogP contribution in [0.3, 0.4) is 0 Å². The van der Waals surface area contributed by atoms with E-state index in [4.69, 9.17) is 4.74 Å². The Morgan fingerprint density at radius 3 is 2.83 bits per heavy atom. The van der Waals surface area contributed by atoms with Gasteiger partial charge in [0.25, 0.3) is 0 Å². The molecule has 0 bridgehead atoms. The molecule has 9 heteroatoms. The molecule has 3 rings (SSSR count). The number of benzene rings is 1. The van der Waals surface area contributed by atoms with Gasteiger partial charge >= 0.3 is 12.1 Å². The molecule has 1 aromatic carbocycles. The first kappa shape index (κ1) is 16.6. The first-order valence-corrected chi connectivity index (χ1v) is 7.29. The van der Waals surface area contributed by atoms with Gasteiger partial charge in [0.15, 0.2) is 6.10 Å². The highest BCUT2D eigenvalue weighted by molar-refractivity contribution is 5.94. The lowest BCUT2D eigenvalue weighted by Gasteiger charge is -2.34. The number of esters is 1. The van der Waals surface area contributed by atoms with Gasteiger partial charge in [-0.25, -0.2) is 9.78 Å². The topological polar surface area (TPSA) is 56.6 Å². The fourth-order valence-corrected chi connectivity index (χ4v) is 2.74. The Morgan fingerprint density at radius 2 is 2.17 bits per heavy atom. The number of aryl methyl sites for hydroxylation is 1. The van der Waals surface area contributed by atoms with Crippen LogP contribution in [0.5, 0.6) is 0 Å². The average Bonchev–Trinajstić information content (AvgIpc) is 2.90. The molecule has 0 spiro atoms. The van der Waals surface area contributed by atoms with Gasteiger partial charge in [0, 0.05) is 13.6 Å². The Balaban J connectivity index is 1.94. The van der Waals surface area contributed by atoms with Crippen LogP contribution in [-0.2, 0) is 16.5 Å². The van der Waals surface area contributed by atoms with Crippen molar-refractivity contribution in [1.29, 1.82) is 0 Å². The number of anilines is 1. The standard InChI is InChI=1S/C15H16F3N3O3/c1-20-11-4-3-9(13(22)23-2)7-10(11)19-14(20)21-5-6-24-12(8-21)15(16,17)18/h3-4,7,12H,5-6,8H2,1-2H3. The smallest absolute Gasteiger partial charge is 0.416 e. The van der Waals surface area contributed by atoms with E-state index in [2.05, 4.69) is 9.72 Å². The molecular weight excluding hydrogens is 327 g/mol. The minimum Gasteiger partial charge on any atom is -0.465 e. The molecule has 0 aliphatic carbocycles. The highest BCUT2D eigenvalue weighted by Crippen LogP contribution is 2.29. The Morgan fingerprint density at radius 1 is 1.42 bits per heavy atom. The molecule has 1 aromatic heterocycles. The van der Waals surface area contributed by atoms with E-state index >= 15 is 0 Å². The zero-order valence-corrected chi connectivity index (χ0v) is 13.1. The number of fused-ring (bicyclic) bond motifs is 1. The van der Waals surface area contributed by atoms with Gasteiger partial charge in [0.05, 0.1) is 36.9 Å². The summed E-state index contributed by atoms with van der Waals surface area (Å²) in [5.74, 6) is -0.0859. The van der Waals surface area contributed by atoms with Crippen molar-refractivity contribution in [2.24, 2.45) is 7.05 Å². The summed E-state index contributed by atoms with van der Waals surface area (Å²) in [4.78, 5) is 17.5. The van der Waals surface area contributed by atoms with Crippen LogP contribution in [0.2, 0.25) is 0 Å². The van der Waals surface area contributed by atoms with E-state index in [1.807, 2.05) is 0 Å². The van der Waals surface area contributed by atoms with Crippen LogP contribution in [0.25, 0.3) is 11.0 Å². The molecule has 2 heterocycles. The lowest BCUT2D eigenvalue weighted by molar-refractivity contribution is -0.221. The number of ether oxygens (including phenoxy) is 2. The summed E-state index contributed by atoms with van der Waals surface area (Å²) in [6, 6.07) is 4.85. The predicted molar refractivity (Wildman–Crippen MR) is 80.1 cm³/mol. The SMILES string of the molecule is COC(=O)c1ccc2c(c1)nc(N1CCOC(C(F)(F)F)C1)n2C. The number of halogens is 3. The van der Waals surface area contributed by atoms with Crippen LogP contribution in [0, 0.1) is 0 Å². The summed E-state index contributed by atoms with van der Waals surface area (Å²) >= 11 is 0. The molecule has 130 valence electrons. The van der Waals surface area contributed by atoms with Gasteiger partial charge in [0.1, 0.15) is 0 Å². The molecule has 0 N–H and O–H groups in total. The molecule has 2 aromatic rings. The van der Waals surface area contributed by atoms with E-state index < -0.39 is 18.2 Å². The molecular formula is C15H16F3N3O3. The molecule has 0 saturated carbocycles. The first-order chi connectivity index (χ1) is 11.3. The van der Waals surface area contributed by atoms with E-state index in [9.17, 15) is 18.0 Å². The second-order valence-corrected chi connectivity index (χ2v) is 5.51. The van der Waals surface area contributed by atoms with Crippen molar-refractivity contribution in [3.05, 3.63) is 23.8 Å². The van der Waals surface area contributed by atoms with E-state index in [1.165, 1.54) is 7.11 Å². The monoisotopic (exact) mass is 343 g/mol. The Hall–Kier alpha value is -2.29. The van der Waals surface area contributed by atoms with Crippen LogP contribution >= 0.6 is 0 Å². The number of hydrogen-bond donors (Lipinski definition) is 0. The van der Waals surface area contributed by atoms with Crippen LogP contribution in [0.4, 0.5) is 19.1 Å². The molecule has 0 amide bonds. The lowest BCUT2D eigenvalue weighted by Crippen LogP contribution is -2.49. The number of morpholine rings is 1. The number of alkyl halides is 3. The van der Waals surface area contributed by atoms with Gasteiger partial charge in [-0.05, 0) is 18.2 Å². The minimum absolute atomic E-state index is 0.0270. The van der Waals surface area contributed by atoms with Gasteiger partial charge in [-0.2, -0.15) is 13.2 Å². The van der Waals surface area contributed by atoms with Crippen LogP contribution in [0.1, 0.15) is 10.4 Å². The van der Waals surface area contributed by atoms with Gasteiger partial charge in [-0.3, -0.25) is 0 Å². The molecule has 1 aliphatic heterocycles. The number of carbonyl (C=O) groups excluding carboxylic acids is 1. The summed E-state index contributed by atoms with van der Waals surface area (Å²) in [6.07, 6.45) is -6.25. The summed E-state index contributed by atoms with van der Waals surface area (Å²) in [5, 5.41) is 0. The molecule has 1 saturated heterocycles. The Kier molecular flexibility index (Phi) is 4.12. The number of carbonyl (C=O) groups is 1. The number of rotatable bonds is 2. The van der Waals surface area contributed by atoms with Gasteiger partial charge in [-0.1, -0.05) is 0 Å². The normalized spacial score (nSPS) is 18.9. The van der Waals surface area contributed by atoms with Crippen molar-refractivity contribution in [3.63, 3.8) is 0 Å². The van der Waals surface area contributed by atoms with E-state index in [-0.39, 0.29) is 13.2 Å². The van der Waals surface area contributed by atoms with Crippen molar-refractivity contribution in [2.75, 3.05) is 31.7 Å². The Labute approximate surface area is 135 Å². The van der Waals surface area contributed by atoms with Crippen molar-refractivity contribution in [3.8, 4) is 0 Å². The summed E-state index contributed by atoms with van der Waals surface area (Å²) in [7, 11) is 3.00. The lowest BCUT2D eigenvalue weighted by atomic mass is 10.2. The number of imidazole rings is 1. The Bertz CT molecular complexity index is 772. The fraction of sp³-hybridized carbons (Fsp3) is 0.467. The van der Waals surface area contributed by atoms with Crippen LogP contribution in [0.15, 0.2) is 18.2 Å². The number of nitrogens with zero attached hydrogens (tertiary/aromatic N) is 3. The predicted octanol–water partition coefficient (Wildman–Crippen LogP) is 2.13. The molecule has 24 heavy (non-hydrogen) atoms. The highest BCUT2D eigenvalue weighted by atomic mass is 19.4. The fourth-order valence-electron chi connectivity index (χ4n) is 2.74. The molecule has 1 fully saturated rings. The number of hydrogen-bond acceptors (Lipinski definition) is 5.